The Bertz CT molecular complexity index is 1230. The average Bonchev–Trinajstić information content (AvgIpc) is 3.44. The van der Waals surface area contributed by atoms with Gasteiger partial charge in [-0.1, -0.05) is 36.4 Å². The molecular weight excluding hydrogens is 354 g/mol. The van der Waals surface area contributed by atoms with Gasteiger partial charge in [-0.3, -0.25) is 9.67 Å². The van der Waals surface area contributed by atoms with E-state index in [9.17, 15) is 5.11 Å². The molecule has 0 radical (unpaired) electrons. The lowest BCUT2D eigenvalue weighted by Gasteiger charge is -2.14. The second-order valence-corrected chi connectivity index (χ2v) is 7.57. The maximum absolute atomic E-state index is 10.4. The van der Waals surface area contributed by atoms with Crippen molar-refractivity contribution in [3.63, 3.8) is 0 Å². The smallest absolute Gasteiger partial charge is 0.200 e. The lowest BCUT2D eigenvalue weighted by Crippen LogP contribution is -2.00. The third kappa shape index (κ3) is 2.66. The summed E-state index contributed by atoms with van der Waals surface area (Å²) in [5.41, 5.74) is 3.98. The minimum absolute atomic E-state index is 0.379. The summed E-state index contributed by atoms with van der Waals surface area (Å²) < 4.78 is 2.55. The number of phenolic OH excluding ortho intramolecular Hbond substituents is 1. The van der Waals surface area contributed by atoms with E-state index >= 15 is 0 Å². The molecule has 1 heterocycles. The van der Waals surface area contributed by atoms with E-state index in [0.717, 1.165) is 51.8 Å². The number of fused-ring (bicyclic) bond motifs is 1. The first-order valence-corrected chi connectivity index (χ1v) is 9.54. The zero-order chi connectivity index (χ0) is 18.5. The van der Waals surface area contributed by atoms with Gasteiger partial charge in [0.15, 0.2) is 10.6 Å². The molecule has 1 aliphatic rings. The predicted molar refractivity (Wildman–Crippen MR) is 110 cm³/mol. The van der Waals surface area contributed by atoms with Crippen LogP contribution < -0.4 is 0 Å². The normalized spacial score (nSPS) is 14.0. The fourth-order valence-corrected chi connectivity index (χ4v) is 4.01. The third-order valence-electron chi connectivity index (χ3n) is 5.31. The van der Waals surface area contributed by atoms with Crippen molar-refractivity contribution >= 4 is 23.0 Å². The molecule has 0 atom stereocenters. The van der Waals surface area contributed by atoms with E-state index in [1.54, 1.807) is 0 Å². The molecule has 0 bridgehead atoms. The van der Waals surface area contributed by atoms with Crippen molar-refractivity contribution in [2.45, 2.75) is 25.7 Å². The molecule has 27 heavy (non-hydrogen) atoms. The van der Waals surface area contributed by atoms with Gasteiger partial charge in [0.25, 0.3) is 0 Å². The van der Waals surface area contributed by atoms with Crippen LogP contribution in [-0.4, -0.2) is 19.9 Å². The van der Waals surface area contributed by atoms with Gasteiger partial charge < -0.3 is 5.11 Å². The quantitative estimate of drug-likeness (QED) is 0.457. The van der Waals surface area contributed by atoms with Gasteiger partial charge in [0.05, 0.1) is 5.69 Å². The Kier molecular flexibility index (Phi) is 3.65. The molecule has 4 nitrogen and oxygen atoms in total. The average molecular weight is 373 g/mol. The van der Waals surface area contributed by atoms with Crippen molar-refractivity contribution in [3.8, 4) is 22.8 Å². The van der Waals surface area contributed by atoms with Gasteiger partial charge in [-0.05, 0) is 72.6 Å². The summed E-state index contributed by atoms with van der Waals surface area (Å²) >= 11 is 5.58. The summed E-state index contributed by atoms with van der Waals surface area (Å²) in [5, 5.41) is 20.1. The summed E-state index contributed by atoms with van der Waals surface area (Å²) in [4.78, 5) is 0. The van der Waals surface area contributed by atoms with E-state index in [2.05, 4.69) is 40.5 Å². The van der Waals surface area contributed by atoms with E-state index in [1.807, 2.05) is 35.8 Å². The maximum Gasteiger partial charge on any atom is 0.200 e. The van der Waals surface area contributed by atoms with Gasteiger partial charge in [-0.2, -0.15) is 5.10 Å². The number of aromatic nitrogens is 3. The molecule has 4 aromatic rings. The first-order chi connectivity index (χ1) is 13.1. The van der Waals surface area contributed by atoms with Crippen molar-refractivity contribution in [2.75, 3.05) is 0 Å². The van der Waals surface area contributed by atoms with Gasteiger partial charge in [-0.25, -0.2) is 0 Å². The topological polar surface area (TPSA) is 53.8 Å². The maximum atomic E-state index is 10.4. The molecule has 1 saturated carbocycles. The third-order valence-corrected chi connectivity index (χ3v) is 5.59. The van der Waals surface area contributed by atoms with E-state index in [4.69, 9.17) is 12.2 Å². The van der Waals surface area contributed by atoms with Crippen molar-refractivity contribution in [1.82, 2.24) is 14.8 Å². The Balaban J connectivity index is 1.78. The number of hydrogen-bond donors (Lipinski definition) is 2. The Labute approximate surface area is 162 Å². The number of rotatable bonds is 3. The number of aryl methyl sites for hydroxylation is 1. The molecule has 0 unspecified atom stereocenters. The molecule has 0 spiro atoms. The lowest BCUT2D eigenvalue weighted by atomic mass is 10.00. The monoisotopic (exact) mass is 373 g/mol. The highest BCUT2D eigenvalue weighted by Gasteiger charge is 2.28. The largest absolute Gasteiger partial charge is 0.508 e. The highest BCUT2D eigenvalue weighted by atomic mass is 32.1. The zero-order valence-electron chi connectivity index (χ0n) is 14.9. The first kappa shape index (κ1) is 16.3. The van der Waals surface area contributed by atoms with Gasteiger partial charge in [0.1, 0.15) is 5.75 Å². The van der Waals surface area contributed by atoms with Gasteiger partial charge in [0.2, 0.25) is 0 Å². The fourth-order valence-electron chi connectivity index (χ4n) is 3.78. The second kappa shape index (κ2) is 6.06. The number of benzene rings is 3. The molecule has 5 heteroatoms. The van der Waals surface area contributed by atoms with Crippen LogP contribution in [0.25, 0.3) is 27.8 Å². The highest BCUT2D eigenvalue weighted by molar-refractivity contribution is 7.71. The summed E-state index contributed by atoms with van der Waals surface area (Å²) in [6, 6.07) is 18.4. The van der Waals surface area contributed by atoms with Crippen LogP contribution in [0.1, 0.15) is 29.9 Å². The Morgan fingerprint density at radius 3 is 2.70 bits per heavy atom. The predicted octanol–water partition coefficient (Wildman–Crippen LogP) is 5.64. The number of nitrogens with one attached hydrogen (secondary N) is 1. The van der Waals surface area contributed by atoms with Crippen LogP contribution in [0.4, 0.5) is 0 Å². The van der Waals surface area contributed by atoms with Crippen LogP contribution in [0.3, 0.4) is 0 Å². The number of H-pyrrole nitrogens is 1. The minimum Gasteiger partial charge on any atom is -0.508 e. The molecule has 5 rings (SSSR count). The molecule has 0 aliphatic heterocycles. The van der Waals surface area contributed by atoms with Crippen LogP contribution >= 0.6 is 12.2 Å². The number of aromatic hydroxyl groups is 1. The van der Waals surface area contributed by atoms with Crippen LogP contribution in [0, 0.1) is 11.7 Å². The van der Waals surface area contributed by atoms with Crippen LogP contribution in [0.5, 0.6) is 5.75 Å². The molecule has 1 aromatic heterocycles. The molecule has 3 aromatic carbocycles. The summed E-state index contributed by atoms with van der Waals surface area (Å²) in [6.45, 7) is 2.00. The first-order valence-electron chi connectivity index (χ1n) is 9.13. The molecule has 0 amide bonds. The Hall–Kier alpha value is -2.92. The van der Waals surface area contributed by atoms with Crippen molar-refractivity contribution in [3.05, 3.63) is 70.5 Å². The van der Waals surface area contributed by atoms with Crippen LogP contribution in [0.15, 0.2) is 54.6 Å². The number of aromatic amines is 1. The van der Waals surface area contributed by atoms with Gasteiger partial charge in [-0.15, -0.1) is 0 Å². The molecule has 1 aliphatic carbocycles. The van der Waals surface area contributed by atoms with E-state index in [0.29, 0.717) is 16.4 Å². The Morgan fingerprint density at radius 2 is 1.89 bits per heavy atom. The number of phenols is 1. The summed E-state index contributed by atoms with van der Waals surface area (Å²) in [7, 11) is 0. The number of hydrogen-bond acceptors (Lipinski definition) is 3. The van der Waals surface area contributed by atoms with Crippen molar-refractivity contribution in [1.29, 1.82) is 0 Å². The van der Waals surface area contributed by atoms with Crippen LogP contribution in [-0.2, 0) is 0 Å². The van der Waals surface area contributed by atoms with E-state index < -0.39 is 0 Å². The second-order valence-electron chi connectivity index (χ2n) is 7.19. The minimum atomic E-state index is 0.379. The Morgan fingerprint density at radius 1 is 1.11 bits per heavy atom. The molecule has 2 N–H and O–H groups in total. The van der Waals surface area contributed by atoms with Crippen LogP contribution in [0.2, 0.25) is 0 Å². The molecular formula is C22H19N3OS. The fraction of sp³-hybridized carbons (Fsp3) is 0.182. The highest BCUT2D eigenvalue weighted by Crippen LogP contribution is 2.46. The van der Waals surface area contributed by atoms with E-state index in [-0.39, 0.29) is 0 Å². The van der Waals surface area contributed by atoms with Gasteiger partial charge >= 0.3 is 0 Å². The lowest BCUT2D eigenvalue weighted by molar-refractivity contribution is 0.468. The van der Waals surface area contributed by atoms with E-state index in [1.165, 1.54) is 0 Å². The molecule has 1 fully saturated rings. The van der Waals surface area contributed by atoms with Gasteiger partial charge in [0, 0.05) is 10.9 Å². The zero-order valence-corrected chi connectivity index (χ0v) is 15.8. The summed E-state index contributed by atoms with van der Waals surface area (Å²) in [6.07, 6.45) is 2.26. The van der Waals surface area contributed by atoms with Crippen molar-refractivity contribution in [2.24, 2.45) is 0 Å². The number of nitrogens with zero attached hydrogens (tertiary/aromatic N) is 2. The molecule has 134 valence electrons. The molecule has 0 saturated heterocycles. The van der Waals surface area contributed by atoms with Crippen molar-refractivity contribution < 1.29 is 5.11 Å². The standard InChI is InChI=1S/C22H19N3OS/c1-13-11-20(26)18(15-9-10-15)12-17(13)21-23-24-22(27)25(21)19-8-4-6-14-5-2-3-7-16(14)19/h2-8,11-12,15,26H,9-10H2,1H3,(H,24,27). The SMILES string of the molecule is Cc1cc(O)c(C2CC2)cc1-c1n[nH]c(=S)n1-c1cccc2ccccc12. The summed E-state index contributed by atoms with van der Waals surface area (Å²) in [5.74, 6) is 1.61.